The molecular formula is C18H13ClN2O6. The standard InChI is InChI=1S/C18H13ClN2O6/c1-25-13-4-2-3-10-7-12(18(24)27-16(10)13)17(23)26-9-15(22)21-14-6-5-11(19)8-20-14/h2-8H,9H2,1H3,(H,20,21,22). The third kappa shape index (κ3) is 4.24. The third-order valence-electron chi connectivity index (χ3n) is 3.49. The van der Waals surface area contributed by atoms with Crippen molar-refractivity contribution >= 4 is 40.3 Å². The number of aromatic nitrogens is 1. The number of carbonyl (C=O) groups is 2. The highest BCUT2D eigenvalue weighted by atomic mass is 35.5. The highest BCUT2D eigenvalue weighted by Gasteiger charge is 2.18. The van der Waals surface area contributed by atoms with Crippen molar-refractivity contribution in [3.63, 3.8) is 0 Å². The number of nitrogens with zero attached hydrogens (tertiary/aromatic N) is 1. The zero-order valence-corrected chi connectivity index (χ0v) is 14.8. The lowest BCUT2D eigenvalue weighted by molar-refractivity contribution is -0.119. The molecule has 1 amide bonds. The summed E-state index contributed by atoms with van der Waals surface area (Å²) in [6.07, 6.45) is 1.36. The van der Waals surface area contributed by atoms with E-state index in [4.69, 9.17) is 25.5 Å². The molecule has 0 unspecified atom stereocenters. The van der Waals surface area contributed by atoms with E-state index in [0.29, 0.717) is 16.2 Å². The van der Waals surface area contributed by atoms with Crippen LogP contribution in [0.25, 0.3) is 11.0 Å². The molecular weight excluding hydrogens is 376 g/mol. The molecule has 3 aromatic rings. The van der Waals surface area contributed by atoms with Gasteiger partial charge in [0.1, 0.15) is 11.4 Å². The van der Waals surface area contributed by atoms with E-state index >= 15 is 0 Å². The minimum atomic E-state index is -0.979. The lowest BCUT2D eigenvalue weighted by atomic mass is 10.2. The number of anilines is 1. The number of hydrogen-bond acceptors (Lipinski definition) is 7. The summed E-state index contributed by atoms with van der Waals surface area (Å²) < 4.78 is 15.1. The average molecular weight is 389 g/mol. The van der Waals surface area contributed by atoms with Crippen LogP contribution < -0.4 is 15.7 Å². The smallest absolute Gasteiger partial charge is 0.351 e. The van der Waals surface area contributed by atoms with Crippen LogP contribution in [0.4, 0.5) is 5.82 Å². The Labute approximate surface area is 157 Å². The normalized spacial score (nSPS) is 10.4. The molecule has 1 aromatic carbocycles. The number of para-hydroxylation sites is 1. The second-order valence-electron chi connectivity index (χ2n) is 5.31. The van der Waals surface area contributed by atoms with Gasteiger partial charge in [0, 0.05) is 11.6 Å². The van der Waals surface area contributed by atoms with E-state index < -0.39 is 24.1 Å². The van der Waals surface area contributed by atoms with E-state index in [1.165, 1.54) is 25.4 Å². The Balaban J connectivity index is 1.70. The SMILES string of the molecule is COc1cccc2cc(C(=O)OCC(=O)Nc3ccc(Cl)cn3)c(=O)oc12. The van der Waals surface area contributed by atoms with Crippen LogP contribution in [0.2, 0.25) is 5.02 Å². The van der Waals surface area contributed by atoms with Crippen LogP contribution in [-0.2, 0) is 9.53 Å². The number of fused-ring (bicyclic) bond motifs is 1. The molecule has 0 aliphatic carbocycles. The number of amides is 1. The molecule has 27 heavy (non-hydrogen) atoms. The van der Waals surface area contributed by atoms with Gasteiger partial charge in [0.25, 0.3) is 5.91 Å². The number of methoxy groups -OCH3 is 1. The summed E-state index contributed by atoms with van der Waals surface area (Å²) in [5, 5.41) is 3.33. The van der Waals surface area contributed by atoms with Crippen LogP contribution in [0, 0.1) is 0 Å². The van der Waals surface area contributed by atoms with E-state index in [0.717, 1.165) is 0 Å². The monoisotopic (exact) mass is 388 g/mol. The van der Waals surface area contributed by atoms with Crippen LogP contribution in [-0.4, -0.2) is 30.6 Å². The molecule has 0 saturated heterocycles. The number of rotatable bonds is 5. The number of esters is 1. The number of benzene rings is 1. The van der Waals surface area contributed by atoms with Crippen molar-refractivity contribution in [2.24, 2.45) is 0 Å². The van der Waals surface area contributed by atoms with E-state index in [2.05, 4.69) is 10.3 Å². The van der Waals surface area contributed by atoms with Gasteiger partial charge in [0.2, 0.25) is 0 Å². The fourth-order valence-electron chi connectivity index (χ4n) is 2.26. The Morgan fingerprint density at radius 3 is 2.78 bits per heavy atom. The van der Waals surface area contributed by atoms with Gasteiger partial charge in [0.15, 0.2) is 17.9 Å². The van der Waals surface area contributed by atoms with Crippen molar-refractivity contribution in [3.05, 3.63) is 63.6 Å². The second-order valence-corrected chi connectivity index (χ2v) is 5.75. The molecule has 0 atom stereocenters. The maximum Gasteiger partial charge on any atom is 0.351 e. The van der Waals surface area contributed by atoms with E-state index in [9.17, 15) is 14.4 Å². The summed E-state index contributed by atoms with van der Waals surface area (Å²) in [7, 11) is 1.44. The first-order valence-electron chi connectivity index (χ1n) is 7.67. The molecule has 8 nitrogen and oxygen atoms in total. The summed E-state index contributed by atoms with van der Waals surface area (Å²) in [5.41, 5.74) is -1.00. The minimum Gasteiger partial charge on any atom is -0.493 e. The van der Waals surface area contributed by atoms with Gasteiger partial charge in [-0.3, -0.25) is 4.79 Å². The Bertz CT molecular complexity index is 1060. The highest BCUT2D eigenvalue weighted by Crippen LogP contribution is 2.24. The summed E-state index contributed by atoms with van der Waals surface area (Å²) in [5.74, 6) is -0.991. The Morgan fingerprint density at radius 2 is 2.07 bits per heavy atom. The number of hydrogen-bond donors (Lipinski definition) is 1. The molecule has 138 valence electrons. The predicted octanol–water partition coefficient (Wildman–Crippen LogP) is 2.65. The van der Waals surface area contributed by atoms with Crippen molar-refractivity contribution in [1.82, 2.24) is 4.98 Å². The summed E-state index contributed by atoms with van der Waals surface area (Å²) >= 11 is 5.70. The van der Waals surface area contributed by atoms with Gasteiger partial charge in [-0.2, -0.15) is 0 Å². The van der Waals surface area contributed by atoms with Crippen LogP contribution in [0.15, 0.2) is 51.8 Å². The van der Waals surface area contributed by atoms with E-state index in [-0.39, 0.29) is 17.0 Å². The van der Waals surface area contributed by atoms with Crippen molar-refractivity contribution in [3.8, 4) is 5.75 Å². The zero-order valence-electron chi connectivity index (χ0n) is 14.0. The number of nitrogens with one attached hydrogen (secondary N) is 1. The molecule has 9 heteroatoms. The molecule has 3 rings (SSSR count). The number of carbonyl (C=O) groups excluding carboxylic acids is 2. The molecule has 0 bridgehead atoms. The summed E-state index contributed by atoms with van der Waals surface area (Å²) in [6, 6.07) is 9.32. The molecule has 0 aliphatic heterocycles. The second kappa shape index (κ2) is 7.88. The van der Waals surface area contributed by atoms with Gasteiger partial charge in [-0.1, -0.05) is 23.7 Å². The van der Waals surface area contributed by atoms with Crippen molar-refractivity contribution in [1.29, 1.82) is 0 Å². The van der Waals surface area contributed by atoms with Crippen LogP contribution in [0.3, 0.4) is 0 Å². The number of halogens is 1. The lowest BCUT2D eigenvalue weighted by Crippen LogP contribution is -2.24. The maximum absolute atomic E-state index is 12.1. The molecule has 1 N–H and O–H groups in total. The molecule has 0 radical (unpaired) electrons. The molecule has 0 spiro atoms. The van der Waals surface area contributed by atoms with Gasteiger partial charge in [-0.25, -0.2) is 14.6 Å². The van der Waals surface area contributed by atoms with Gasteiger partial charge in [0.05, 0.1) is 12.1 Å². The molecule has 2 heterocycles. The van der Waals surface area contributed by atoms with Gasteiger partial charge >= 0.3 is 11.6 Å². The molecule has 0 fully saturated rings. The Morgan fingerprint density at radius 1 is 1.26 bits per heavy atom. The quantitative estimate of drug-likeness (QED) is 0.528. The first-order valence-corrected chi connectivity index (χ1v) is 8.05. The topological polar surface area (TPSA) is 108 Å². The van der Waals surface area contributed by atoms with E-state index in [1.54, 1.807) is 24.3 Å². The molecule has 0 aliphatic rings. The highest BCUT2D eigenvalue weighted by molar-refractivity contribution is 6.30. The van der Waals surface area contributed by atoms with Crippen molar-refractivity contribution in [2.75, 3.05) is 19.0 Å². The largest absolute Gasteiger partial charge is 0.493 e. The van der Waals surface area contributed by atoms with Gasteiger partial charge < -0.3 is 19.2 Å². The maximum atomic E-state index is 12.1. The fraction of sp³-hybridized carbons (Fsp3) is 0.111. The van der Waals surface area contributed by atoms with E-state index in [1.807, 2.05) is 0 Å². The third-order valence-corrected chi connectivity index (χ3v) is 3.72. The van der Waals surface area contributed by atoms with Crippen molar-refractivity contribution in [2.45, 2.75) is 0 Å². The number of pyridine rings is 1. The average Bonchev–Trinajstić information content (AvgIpc) is 2.67. The van der Waals surface area contributed by atoms with Crippen LogP contribution >= 0.6 is 11.6 Å². The molecule has 0 saturated carbocycles. The van der Waals surface area contributed by atoms with Gasteiger partial charge in [-0.15, -0.1) is 0 Å². The van der Waals surface area contributed by atoms with Gasteiger partial charge in [-0.05, 0) is 24.3 Å². The summed E-state index contributed by atoms with van der Waals surface area (Å²) in [4.78, 5) is 39.9. The Kier molecular flexibility index (Phi) is 5.37. The van der Waals surface area contributed by atoms with Crippen LogP contribution in [0.5, 0.6) is 5.75 Å². The first kappa shape index (κ1) is 18.4. The number of ether oxygens (including phenoxy) is 2. The summed E-state index contributed by atoms with van der Waals surface area (Å²) in [6.45, 7) is -0.598. The Hall–Kier alpha value is -3.39. The minimum absolute atomic E-state index is 0.216. The zero-order chi connectivity index (χ0) is 19.4. The molecule has 2 aromatic heterocycles. The predicted molar refractivity (Wildman–Crippen MR) is 97.2 cm³/mol. The van der Waals surface area contributed by atoms with Crippen molar-refractivity contribution < 1.29 is 23.5 Å². The van der Waals surface area contributed by atoms with Crippen LogP contribution in [0.1, 0.15) is 10.4 Å². The lowest BCUT2D eigenvalue weighted by Gasteiger charge is -2.07. The first-order chi connectivity index (χ1) is 13.0. The fourth-order valence-corrected chi connectivity index (χ4v) is 2.37.